The Morgan fingerprint density at radius 1 is 1.40 bits per heavy atom. The van der Waals surface area contributed by atoms with Gasteiger partial charge in [-0.15, -0.1) is 0 Å². The lowest BCUT2D eigenvalue weighted by Gasteiger charge is -2.07. The SMILES string of the molecule is CCn1ccnc1Oc1ccccc1Cl. The van der Waals surface area contributed by atoms with Gasteiger partial charge in [-0.1, -0.05) is 23.7 Å². The predicted octanol–water partition coefficient (Wildman–Crippen LogP) is 3.35. The normalized spacial score (nSPS) is 10.3. The van der Waals surface area contributed by atoms with E-state index in [1.54, 1.807) is 12.3 Å². The highest BCUT2D eigenvalue weighted by Crippen LogP contribution is 2.27. The van der Waals surface area contributed by atoms with Crippen LogP contribution in [0.2, 0.25) is 5.02 Å². The number of rotatable bonds is 3. The van der Waals surface area contributed by atoms with Crippen LogP contribution in [0.5, 0.6) is 11.8 Å². The van der Waals surface area contributed by atoms with Crippen LogP contribution in [0, 0.1) is 0 Å². The molecule has 0 saturated heterocycles. The van der Waals surface area contributed by atoms with Crippen LogP contribution >= 0.6 is 11.6 Å². The Kier molecular flexibility index (Phi) is 2.92. The first kappa shape index (κ1) is 10.1. The maximum atomic E-state index is 5.97. The first-order valence-electron chi connectivity index (χ1n) is 4.74. The van der Waals surface area contributed by atoms with Crippen molar-refractivity contribution in [2.75, 3.05) is 0 Å². The molecule has 0 aliphatic heterocycles. The molecule has 1 aromatic carbocycles. The summed E-state index contributed by atoms with van der Waals surface area (Å²) in [6.45, 7) is 2.85. The zero-order valence-electron chi connectivity index (χ0n) is 8.35. The summed E-state index contributed by atoms with van der Waals surface area (Å²) in [5.41, 5.74) is 0. The van der Waals surface area contributed by atoms with E-state index in [1.807, 2.05) is 35.9 Å². The summed E-state index contributed by atoms with van der Waals surface area (Å²) in [4.78, 5) is 4.11. The van der Waals surface area contributed by atoms with Gasteiger partial charge in [-0.25, -0.2) is 4.98 Å². The minimum atomic E-state index is 0.561. The Labute approximate surface area is 93.3 Å². The molecular formula is C11H11ClN2O. The van der Waals surface area contributed by atoms with Gasteiger partial charge in [0, 0.05) is 18.9 Å². The van der Waals surface area contributed by atoms with Crippen molar-refractivity contribution in [3.05, 3.63) is 41.7 Å². The molecule has 78 valence electrons. The molecule has 0 bridgehead atoms. The summed E-state index contributed by atoms with van der Waals surface area (Å²) < 4.78 is 7.50. The van der Waals surface area contributed by atoms with Crippen LogP contribution in [0.15, 0.2) is 36.7 Å². The number of benzene rings is 1. The zero-order valence-corrected chi connectivity index (χ0v) is 9.11. The number of hydrogen-bond donors (Lipinski definition) is 0. The van der Waals surface area contributed by atoms with Crippen molar-refractivity contribution in [3.63, 3.8) is 0 Å². The number of para-hydroxylation sites is 1. The summed E-state index contributed by atoms with van der Waals surface area (Å²) in [6.07, 6.45) is 3.57. The van der Waals surface area contributed by atoms with E-state index in [2.05, 4.69) is 4.98 Å². The molecule has 4 heteroatoms. The van der Waals surface area contributed by atoms with Crippen LogP contribution in [0.1, 0.15) is 6.92 Å². The molecule has 0 amide bonds. The molecule has 0 spiro atoms. The molecule has 0 fully saturated rings. The molecule has 2 rings (SSSR count). The van der Waals surface area contributed by atoms with Crippen LogP contribution in [-0.2, 0) is 6.54 Å². The average Bonchev–Trinajstić information content (AvgIpc) is 2.69. The second-order valence-electron chi connectivity index (χ2n) is 3.03. The van der Waals surface area contributed by atoms with E-state index in [1.165, 1.54) is 0 Å². The number of hydrogen-bond acceptors (Lipinski definition) is 2. The Morgan fingerprint density at radius 3 is 2.93 bits per heavy atom. The summed E-state index contributed by atoms with van der Waals surface area (Å²) in [5.74, 6) is 0.625. The molecular weight excluding hydrogens is 212 g/mol. The second-order valence-corrected chi connectivity index (χ2v) is 3.44. The molecule has 0 unspecified atom stereocenters. The lowest BCUT2D eigenvalue weighted by Crippen LogP contribution is -1.97. The van der Waals surface area contributed by atoms with Crippen molar-refractivity contribution in [2.24, 2.45) is 0 Å². The Hall–Kier alpha value is -1.48. The van der Waals surface area contributed by atoms with E-state index in [0.717, 1.165) is 6.54 Å². The Bertz CT molecular complexity index is 453. The number of ether oxygens (including phenoxy) is 1. The number of aryl methyl sites for hydroxylation is 1. The van der Waals surface area contributed by atoms with E-state index in [-0.39, 0.29) is 0 Å². The summed E-state index contributed by atoms with van der Waals surface area (Å²) in [7, 11) is 0. The third-order valence-corrected chi connectivity index (χ3v) is 2.37. The fourth-order valence-corrected chi connectivity index (χ4v) is 1.44. The van der Waals surface area contributed by atoms with Crippen LogP contribution in [0.25, 0.3) is 0 Å². The zero-order chi connectivity index (χ0) is 10.7. The lowest BCUT2D eigenvalue weighted by atomic mass is 10.3. The molecule has 1 heterocycles. The highest BCUT2D eigenvalue weighted by Gasteiger charge is 2.06. The summed E-state index contributed by atoms with van der Waals surface area (Å²) in [5, 5.41) is 0.586. The molecule has 0 saturated carbocycles. The molecule has 15 heavy (non-hydrogen) atoms. The smallest absolute Gasteiger partial charge is 0.301 e. The molecule has 0 N–H and O–H groups in total. The standard InChI is InChI=1S/C11H11ClN2O/c1-2-14-8-7-13-11(14)15-10-6-4-3-5-9(10)12/h3-8H,2H2,1H3. The molecule has 2 aromatic rings. The van der Waals surface area contributed by atoms with Crippen molar-refractivity contribution in [2.45, 2.75) is 13.5 Å². The summed E-state index contributed by atoms with van der Waals surface area (Å²) >= 11 is 5.97. The van der Waals surface area contributed by atoms with Crippen LogP contribution in [-0.4, -0.2) is 9.55 Å². The average molecular weight is 223 g/mol. The van der Waals surface area contributed by atoms with E-state index >= 15 is 0 Å². The van der Waals surface area contributed by atoms with Crippen molar-refractivity contribution < 1.29 is 4.74 Å². The third-order valence-electron chi connectivity index (χ3n) is 2.06. The van der Waals surface area contributed by atoms with Crippen molar-refractivity contribution in [1.29, 1.82) is 0 Å². The maximum Gasteiger partial charge on any atom is 0.301 e. The van der Waals surface area contributed by atoms with Crippen molar-refractivity contribution in [3.8, 4) is 11.8 Å². The van der Waals surface area contributed by atoms with Gasteiger partial charge in [-0.2, -0.15) is 0 Å². The van der Waals surface area contributed by atoms with Gasteiger partial charge >= 0.3 is 6.01 Å². The van der Waals surface area contributed by atoms with Gasteiger partial charge in [0.05, 0.1) is 5.02 Å². The number of imidazole rings is 1. The van der Waals surface area contributed by atoms with Gasteiger partial charge in [-0.05, 0) is 19.1 Å². The molecule has 0 aliphatic rings. The predicted molar refractivity (Wildman–Crippen MR) is 59.4 cm³/mol. The fourth-order valence-electron chi connectivity index (χ4n) is 1.27. The molecule has 3 nitrogen and oxygen atoms in total. The second kappa shape index (κ2) is 4.36. The van der Waals surface area contributed by atoms with E-state index < -0.39 is 0 Å². The fraction of sp³-hybridized carbons (Fsp3) is 0.182. The number of halogens is 1. The minimum absolute atomic E-state index is 0.561. The molecule has 1 aromatic heterocycles. The molecule has 0 aliphatic carbocycles. The van der Waals surface area contributed by atoms with Gasteiger partial charge in [0.25, 0.3) is 0 Å². The lowest BCUT2D eigenvalue weighted by molar-refractivity contribution is 0.415. The molecule has 0 radical (unpaired) electrons. The van der Waals surface area contributed by atoms with Crippen LogP contribution in [0.4, 0.5) is 0 Å². The Morgan fingerprint density at radius 2 is 2.20 bits per heavy atom. The van der Waals surface area contributed by atoms with Crippen LogP contribution in [0.3, 0.4) is 0 Å². The number of aromatic nitrogens is 2. The monoisotopic (exact) mass is 222 g/mol. The van der Waals surface area contributed by atoms with Gasteiger partial charge in [0.15, 0.2) is 0 Å². The largest absolute Gasteiger partial charge is 0.424 e. The van der Waals surface area contributed by atoms with Crippen LogP contribution < -0.4 is 4.74 Å². The first-order valence-corrected chi connectivity index (χ1v) is 5.12. The first-order chi connectivity index (χ1) is 7.31. The minimum Gasteiger partial charge on any atom is -0.424 e. The van der Waals surface area contributed by atoms with Gasteiger partial charge in [0.1, 0.15) is 5.75 Å². The highest BCUT2D eigenvalue weighted by molar-refractivity contribution is 6.32. The molecule has 0 atom stereocenters. The number of nitrogens with zero attached hydrogens (tertiary/aromatic N) is 2. The summed E-state index contributed by atoms with van der Waals surface area (Å²) in [6, 6.07) is 7.90. The quantitative estimate of drug-likeness (QED) is 0.797. The Balaban J connectivity index is 2.26. The maximum absolute atomic E-state index is 5.97. The van der Waals surface area contributed by atoms with Gasteiger partial charge in [-0.3, -0.25) is 0 Å². The highest BCUT2D eigenvalue weighted by atomic mass is 35.5. The van der Waals surface area contributed by atoms with Gasteiger partial charge < -0.3 is 9.30 Å². The van der Waals surface area contributed by atoms with E-state index in [0.29, 0.717) is 16.8 Å². The van der Waals surface area contributed by atoms with Gasteiger partial charge in [0.2, 0.25) is 0 Å². The van der Waals surface area contributed by atoms with Crippen molar-refractivity contribution >= 4 is 11.6 Å². The third kappa shape index (κ3) is 2.13. The van der Waals surface area contributed by atoms with E-state index in [9.17, 15) is 0 Å². The van der Waals surface area contributed by atoms with E-state index in [4.69, 9.17) is 16.3 Å². The topological polar surface area (TPSA) is 27.1 Å². The van der Waals surface area contributed by atoms with Crippen molar-refractivity contribution in [1.82, 2.24) is 9.55 Å².